The highest BCUT2D eigenvalue weighted by molar-refractivity contribution is 5.80. The summed E-state index contributed by atoms with van der Waals surface area (Å²) >= 11 is 0. The van der Waals surface area contributed by atoms with Crippen LogP contribution in [0.25, 0.3) is 11.0 Å². The number of aromatic nitrogens is 2. The Balaban J connectivity index is 2.50. The van der Waals surface area contributed by atoms with E-state index in [1.807, 2.05) is 4.57 Å². The Morgan fingerprint density at radius 1 is 1.37 bits per heavy atom. The van der Waals surface area contributed by atoms with Gasteiger partial charge in [0.2, 0.25) is 5.95 Å². The smallest absolute Gasteiger partial charge is 0.201 e. The van der Waals surface area contributed by atoms with Gasteiger partial charge in [-0.3, -0.25) is 0 Å². The molecule has 0 fully saturated rings. The van der Waals surface area contributed by atoms with Crippen molar-refractivity contribution in [3.8, 4) is 5.75 Å². The van der Waals surface area contributed by atoms with Gasteiger partial charge >= 0.3 is 0 Å². The Morgan fingerprint density at radius 3 is 2.63 bits per heavy atom. The molecule has 0 atom stereocenters. The number of anilines is 1. The van der Waals surface area contributed by atoms with Gasteiger partial charge in [0, 0.05) is 18.7 Å². The zero-order chi connectivity index (χ0) is 14.0. The molecule has 1 aromatic heterocycles. The summed E-state index contributed by atoms with van der Waals surface area (Å²) in [6.07, 6.45) is 2.15. The average Bonchev–Trinajstić information content (AvgIpc) is 2.69. The quantitative estimate of drug-likeness (QED) is 0.903. The fourth-order valence-electron chi connectivity index (χ4n) is 2.30. The number of hydrogen-bond acceptors (Lipinski definition) is 3. The zero-order valence-corrected chi connectivity index (χ0v) is 11.6. The molecule has 0 radical (unpaired) electrons. The Kier molecular flexibility index (Phi) is 3.93. The summed E-state index contributed by atoms with van der Waals surface area (Å²) in [6.45, 7) is 5.11. The Bertz CT molecular complexity index is 576. The number of fused-ring (bicyclic) bond motifs is 1. The van der Waals surface area contributed by atoms with Crippen molar-refractivity contribution in [3.63, 3.8) is 0 Å². The van der Waals surface area contributed by atoms with E-state index >= 15 is 0 Å². The average molecular weight is 265 g/mol. The molecule has 0 aliphatic carbocycles. The van der Waals surface area contributed by atoms with E-state index in [1.165, 1.54) is 13.2 Å². The molecule has 0 unspecified atom stereocenters. The molecule has 4 nitrogen and oxygen atoms in total. The van der Waals surface area contributed by atoms with Gasteiger partial charge in [0.05, 0.1) is 18.1 Å². The predicted octanol–water partition coefficient (Wildman–Crippen LogP) is 3.20. The SMILES string of the molecule is CCC(CC)Cn1c(N)nc2cc(F)c(OC)cc21. The minimum atomic E-state index is -0.415. The van der Waals surface area contributed by atoms with Crippen LogP contribution in [0.3, 0.4) is 0 Å². The lowest BCUT2D eigenvalue weighted by Crippen LogP contribution is -2.11. The van der Waals surface area contributed by atoms with E-state index in [-0.39, 0.29) is 5.75 Å². The van der Waals surface area contributed by atoms with E-state index in [9.17, 15) is 4.39 Å². The normalized spacial score (nSPS) is 11.4. The number of rotatable bonds is 5. The number of halogens is 1. The van der Waals surface area contributed by atoms with Crippen LogP contribution in [0.4, 0.5) is 10.3 Å². The molecule has 19 heavy (non-hydrogen) atoms. The largest absolute Gasteiger partial charge is 0.494 e. The highest BCUT2D eigenvalue weighted by atomic mass is 19.1. The molecule has 2 N–H and O–H groups in total. The Morgan fingerprint density at radius 2 is 2.05 bits per heavy atom. The van der Waals surface area contributed by atoms with Crippen molar-refractivity contribution in [3.05, 3.63) is 17.9 Å². The van der Waals surface area contributed by atoms with Gasteiger partial charge in [0.15, 0.2) is 11.6 Å². The second-order valence-corrected chi connectivity index (χ2v) is 4.74. The first kappa shape index (κ1) is 13.6. The number of methoxy groups -OCH3 is 1. The van der Waals surface area contributed by atoms with Gasteiger partial charge in [-0.15, -0.1) is 0 Å². The van der Waals surface area contributed by atoms with E-state index < -0.39 is 5.82 Å². The lowest BCUT2D eigenvalue weighted by Gasteiger charge is -2.15. The molecular weight excluding hydrogens is 245 g/mol. The third kappa shape index (κ3) is 2.50. The second kappa shape index (κ2) is 5.47. The van der Waals surface area contributed by atoms with Gasteiger partial charge in [-0.05, 0) is 5.92 Å². The van der Waals surface area contributed by atoms with Crippen molar-refractivity contribution < 1.29 is 9.13 Å². The molecule has 0 saturated heterocycles. The standard InChI is InChI=1S/C14H20FN3O/c1-4-9(5-2)8-18-12-7-13(19-3)10(15)6-11(12)17-14(18)16/h6-7,9H,4-5,8H2,1-3H3,(H2,16,17). The number of benzene rings is 1. The summed E-state index contributed by atoms with van der Waals surface area (Å²) in [6, 6.07) is 3.03. The van der Waals surface area contributed by atoms with Crippen LogP contribution >= 0.6 is 0 Å². The lowest BCUT2D eigenvalue weighted by atomic mass is 10.0. The van der Waals surface area contributed by atoms with Crippen LogP contribution in [0, 0.1) is 11.7 Å². The van der Waals surface area contributed by atoms with Gasteiger partial charge in [0.1, 0.15) is 0 Å². The molecule has 0 aliphatic rings. The number of nitrogens with zero attached hydrogens (tertiary/aromatic N) is 2. The van der Waals surface area contributed by atoms with E-state index in [1.54, 1.807) is 6.07 Å². The first-order chi connectivity index (χ1) is 9.10. The zero-order valence-electron chi connectivity index (χ0n) is 11.6. The summed E-state index contributed by atoms with van der Waals surface area (Å²) in [7, 11) is 1.45. The Labute approximate surface area is 112 Å². The minimum Gasteiger partial charge on any atom is -0.494 e. The molecule has 1 aromatic carbocycles. The van der Waals surface area contributed by atoms with E-state index in [0.717, 1.165) is 24.9 Å². The van der Waals surface area contributed by atoms with Crippen molar-refractivity contribution in [2.24, 2.45) is 5.92 Å². The first-order valence-electron chi connectivity index (χ1n) is 6.59. The maximum Gasteiger partial charge on any atom is 0.201 e. The fraction of sp³-hybridized carbons (Fsp3) is 0.500. The van der Waals surface area contributed by atoms with Gasteiger partial charge in [-0.25, -0.2) is 9.37 Å². The van der Waals surface area contributed by atoms with Crippen molar-refractivity contribution in [1.82, 2.24) is 9.55 Å². The van der Waals surface area contributed by atoms with Crippen molar-refractivity contribution in [2.75, 3.05) is 12.8 Å². The molecule has 0 spiro atoms. The second-order valence-electron chi connectivity index (χ2n) is 4.74. The molecule has 5 heteroatoms. The summed E-state index contributed by atoms with van der Waals surface area (Å²) in [5, 5.41) is 0. The predicted molar refractivity (Wildman–Crippen MR) is 74.7 cm³/mol. The number of hydrogen-bond donors (Lipinski definition) is 1. The third-order valence-corrected chi connectivity index (χ3v) is 3.65. The van der Waals surface area contributed by atoms with Gasteiger partial charge in [0.25, 0.3) is 0 Å². The monoisotopic (exact) mass is 265 g/mol. The Hall–Kier alpha value is -1.78. The van der Waals surface area contributed by atoms with E-state index in [0.29, 0.717) is 17.4 Å². The molecule has 0 aliphatic heterocycles. The van der Waals surface area contributed by atoms with Gasteiger partial charge in [-0.1, -0.05) is 26.7 Å². The molecule has 0 amide bonds. The van der Waals surface area contributed by atoms with Crippen molar-refractivity contribution in [2.45, 2.75) is 33.2 Å². The van der Waals surface area contributed by atoms with Crippen LogP contribution in [0.15, 0.2) is 12.1 Å². The number of nitrogens with two attached hydrogens (primary N) is 1. The van der Waals surface area contributed by atoms with Crippen LogP contribution in [0.5, 0.6) is 5.75 Å². The summed E-state index contributed by atoms with van der Waals surface area (Å²) in [4.78, 5) is 4.22. The number of imidazole rings is 1. The maximum absolute atomic E-state index is 13.6. The van der Waals surface area contributed by atoms with E-state index in [2.05, 4.69) is 18.8 Å². The third-order valence-electron chi connectivity index (χ3n) is 3.65. The lowest BCUT2D eigenvalue weighted by molar-refractivity contribution is 0.386. The highest BCUT2D eigenvalue weighted by Gasteiger charge is 2.15. The fourth-order valence-corrected chi connectivity index (χ4v) is 2.30. The number of ether oxygens (including phenoxy) is 1. The van der Waals surface area contributed by atoms with Crippen LogP contribution in [-0.4, -0.2) is 16.7 Å². The van der Waals surface area contributed by atoms with Crippen LogP contribution in [0.1, 0.15) is 26.7 Å². The number of nitrogen functional groups attached to an aromatic ring is 1. The van der Waals surface area contributed by atoms with Crippen molar-refractivity contribution >= 4 is 17.0 Å². The van der Waals surface area contributed by atoms with Crippen LogP contribution in [-0.2, 0) is 6.54 Å². The van der Waals surface area contributed by atoms with Gasteiger partial charge in [-0.2, -0.15) is 0 Å². The summed E-state index contributed by atoms with van der Waals surface area (Å²) in [5.41, 5.74) is 7.33. The molecule has 2 aromatic rings. The summed E-state index contributed by atoms with van der Waals surface area (Å²) < 4.78 is 20.6. The first-order valence-corrected chi connectivity index (χ1v) is 6.59. The van der Waals surface area contributed by atoms with Gasteiger partial charge < -0.3 is 15.0 Å². The molecule has 0 bridgehead atoms. The van der Waals surface area contributed by atoms with Crippen LogP contribution in [0.2, 0.25) is 0 Å². The molecule has 104 valence electrons. The molecule has 1 heterocycles. The highest BCUT2D eigenvalue weighted by Crippen LogP contribution is 2.27. The molecule has 0 saturated carbocycles. The summed E-state index contributed by atoms with van der Waals surface area (Å²) in [5.74, 6) is 0.769. The van der Waals surface area contributed by atoms with Crippen LogP contribution < -0.4 is 10.5 Å². The topological polar surface area (TPSA) is 53.1 Å². The molecular formula is C14H20FN3O. The molecule has 2 rings (SSSR count). The minimum absolute atomic E-state index is 0.221. The maximum atomic E-state index is 13.6. The van der Waals surface area contributed by atoms with E-state index in [4.69, 9.17) is 10.5 Å². The van der Waals surface area contributed by atoms with Crippen molar-refractivity contribution in [1.29, 1.82) is 0 Å².